The number of thiophene rings is 1. The molecule has 0 fully saturated rings. The fourth-order valence-electron chi connectivity index (χ4n) is 3.57. The van der Waals surface area contributed by atoms with Gasteiger partial charge in [-0.25, -0.2) is 18.4 Å². The van der Waals surface area contributed by atoms with Gasteiger partial charge in [-0.3, -0.25) is 14.2 Å². The summed E-state index contributed by atoms with van der Waals surface area (Å²) < 4.78 is 30.0. The van der Waals surface area contributed by atoms with Gasteiger partial charge in [0.25, 0.3) is 12.3 Å². The molecule has 0 spiro atoms. The van der Waals surface area contributed by atoms with Gasteiger partial charge in [0.15, 0.2) is 5.65 Å². The van der Waals surface area contributed by atoms with E-state index in [1.165, 1.54) is 6.07 Å². The average Bonchev–Trinajstić information content (AvgIpc) is 3.57. The number of carbonyl (C=O) groups excluding carboxylic acids is 1. The summed E-state index contributed by atoms with van der Waals surface area (Å²) in [4.78, 5) is 23.8. The molecule has 0 unspecified atom stereocenters. The molecule has 0 aliphatic rings. The molecule has 0 saturated heterocycles. The largest absolute Gasteiger partial charge is 0.348 e. The second-order valence-corrected chi connectivity index (χ2v) is 9.01. The lowest BCUT2D eigenvalue weighted by atomic mass is 10.2. The first-order chi connectivity index (χ1) is 16.4. The Labute approximate surface area is 196 Å². The zero-order valence-electron chi connectivity index (χ0n) is 18.2. The molecule has 11 heteroatoms. The molecule has 0 bridgehead atoms. The van der Waals surface area contributed by atoms with E-state index in [0.29, 0.717) is 5.65 Å². The molecule has 34 heavy (non-hydrogen) atoms. The number of amides is 1. The van der Waals surface area contributed by atoms with Crippen molar-refractivity contribution in [3.8, 4) is 16.3 Å². The van der Waals surface area contributed by atoms with Crippen LogP contribution in [0, 0.1) is 13.8 Å². The van der Waals surface area contributed by atoms with Gasteiger partial charge < -0.3 is 5.32 Å². The Morgan fingerprint density at radius 1 is 1.12 bits per heavy atom. The molecule has 5 heterocycles. The Morgan fingerprint density at radius 3 is 2.68 bits per heavy atom. The van der Waals surface area contributed by atoms with E-state index in [1.54, 1.807) is 34.3 Å². The standard InChI is InChI=1S/C23H19F2N7OS/c1-13-3-5-15(8-26-13)9-28-23(33)16-7-17(32-19(21(24)25)11-29-30-32)22-27-10-18(31(22)12-16)20-6-4-14(2)34-20/h3-8,10-12,21H,9H2,1-2H3,(H,28,33). The fourth-order valence-corrected chi connectivity index (χ4v) is 4.44. The number of carbonyl (C=O) groups is 1. The average molecular weight is 480 g/mol. The number of nitrogens with one attached hydrogen (secondary N) is 1. The predicted octanol–water partition coefficient (Wildman–Crippen LogP) is 4.52. The Kier molecular flexibility index (Phi) is 5.62. The summed E-state index contributed by atoms with van der Waals surface area (Å²) >= 11 is 1.57. The highest BCUT2D eigenvalue weighted by molar-refractivity contribution is 7.15. The van der Waals surface area contributed by atoms with Gasteiger partial charge in [0, 0.05) is 29.5 Å². The summed E-state index contributed by atoms with van der Waals surface area (Å²) in [6.07, 6.45) is 3.21. The number of aryl methyl sites for hydroxylation is 2. The van der Waals surface area contributed by atoms with Crippen molar-refractivity contribution in [3.05, 3.63) is 82.5 Å². The first kappa shape index (κ1) is 21.8. The fraction of sp³-hybridized carbons (Fsp3) is 0.174. The lowest BCUT2D eigenvalue weighted by molar-refractivity contribution is 0.0950. The van der Waals surface area contributed by atoms with Gasteiger partial charge in [0.1, 0.15) is 11.4 Å². The predicted molar refractivity (Wildman–Crippen MR) is 123 cm³/mol. The Hall–Kier alpha value is -3.99. The van der Waals surface area contributed by atoms with Gasteiger partial charge in [-0.15, -0.1) is 16.4 Å². The third-order valence-corrected chi connectivity index (χ3v) is 6.32. The van der Waals surface area contributed by atoms with Crippen molar-refractivity contribution in [2.45, 2.75) is 26.8 Å². The van der Waals surface area contributed by atoms with Crippen molar-refractivity contribution in [2.75, 3.05) is 0 Å². The number of imidazole rings is 1. The van der Waals surface area contributed by atoms with E-state index in [9.17, 15) is 13.6 Å². The molecule has 1 amide bonds. The third kappa shape index (κ3) is 4.05. The van der Waals surface area contributed by atoms with Crippen molar-refractivity contribution >= 4 is 22.9 Å². The van der Waals surface area contributed by atoms with E-state index in [1.807, 2.05) is 38.1 Å². The van der Waals surface area contributed by atoms with Crippen molar-refractivity contribution < 1.29 is 13.6 Å². The second-order valence-electron chi connectivity index (χ2n) is 7.72. The molecule has 0 radical (unpaired) electrons. The van der Waals surface area contributed by atoms with Gasteiger partial charge in [0.05, 0.1) is 28.5 Å². The summed E-state index contributed by atoms with van der Waals surface area (Å²) in [5.41, 5.74) is 2.96. The number of pyridine rings is 2. The molecule has 1 N–H and O–H groups in total. The highest BCUT2D eigenvalue weighted by Crippen LogP contribution is 2.31. The van der Waals surface area contributed by atoms with E-state index >= 15 is 0 Å². The van der Waals surface area contributed by atoms with Crippen molar-refractivity contribution in [1.82, 2.24) is 34.7 Å². The molecule has 0 atom stereocenters. The molecule has 8 nitrogen and oxygen atoms in total. The minimum absolute atomic E-state index is 0.233. The van der Waals surface area contributed by atoms with Crippen LogP contribution in [0.3, 0.4) is 0 Å². The van der Waals surface area contributed by atoms with E-state index in [4.69, 9.17) is 0 Å². The summed E-state index contributed by atoms with van der Waals surface area (Å²) in [7, 11) is 0. The lowest BCUT2D eigenvalue weighted by Crippen LogP contribution is -2.23. The number of rotatable bonds is 6. The maximum atomic E-state index is 13.6. The van der Waals surface area contributed by atoms with Crippen LogP contribution in [0.4, 0.5) is 8.78 Å². The van der Waals surface area contributed by atoms with Crippen molar-refractivity contribution in [3.63, 3.8) is 0 Å². The summed E-state index contributed by atoms with van der Waals surface area (Å²) in [5.74, 6) is -0.371. The smallest absolute Gasteiger partial charge is 0.282 e. The van der Waals surface area contributed by atoms with Crippen LogP contribution in [-0.2, 0) is 6.54 Å². The molecule has 0 aliphatic heterocycles. The summed E-state index contributed by atoms with van der Waals surface area (Å²) in [6, 6.07) is 9.19. The molecule has 0 aromatic carbocycles. The van der Waals surface area contributed by atoms with Crippen LogP contribution >= 0.6 is 11.3 Å². The van der Waals surface area contributed by atoms with Gasteiger partial charge in [0.2, 0.25) is 0 Å². The normalized spacial score (nSPS) is 11.4. The Bertz CT molecular complexity index is 1490. The molecular formula is C23H19F2N7OS. The third-order valence-electron chi connectivity index (χ3n) is 5.29. The first-order valence-electron chi connectivity index (χ1n) is 10.4. The summed E-state index contributed by atoms with van der Waals surface area (Å²) in [6.45, 7) is 4.15. The number of hydrogen-bond donors (Lipinski definition) is 1. The number of hydrogen-bond acceptors (Lipinski definition) is 6. The zero-order valence-corrected chi connectivity index (χ0v) is 19.1. The molecular weight excluding hydrogens is 460 g/mol. The molecule has 0 aliphatic carbocycles. The van der Waals surface area contributed by atoms with Crippen LogP contribution < -0.4 is 5.32 Å². The van der Waals surface area contributed by atoms with Gasteiger partial charge in [-0.05, 0) is 43.7 Å². The minimum atomic E-state index is -2.80. The van der Waals surface area contributed by atoms with Crippen LogP contribution in [0.2, 0.25) is 0 Å². The maximum absolute atomic E-state index is 13.6. The van der Waals surface area contributed by atoms with Gasteiger partial charge in [-0.2, -0.15) is 0 Å². The SMILES string of the molecule is Cc1ccc(CNC(=O)c2cc(-n3nncc3C(F)F)c3ncc(-c4ccc(C)s4)n3c2)cn1. The minimum Gasteiger partial charge on any atom is -0.348 e. The zero-order chi connectivity index (χ0) is 23.8. The molecule has 0 saturated carbocycles. The van der Waals surface area contributed by atoms with E-state index in [0.717, 1.165) is 37.6 Å². The van der Waals surface area contributed by atoms with Crippen LogP contribution in [0.25, 0.3) is 21.9 Å². The molecule has 5 rings (SSSR count). The molecule has 172 valence electrons. The van der Waals surface area contributed by atoms with Gasteiger partial charge in [-0.1, -0.05) is 11.3 Å². The van der Waals surface area contributed by atoms with Crippen LogP contribution in [0.15, 0.2) is 55.1 Å². The van der Waals surface area contributed by atoms with Crippen LogP contribution in [0.1, 0.15) is 38.6 Å². The number of fused-ring (bicyclic) bond motifs is 1. The number of aromatic nitrogens is 6. The van der Waals surface area contributed by atoms with Crippen molar-refractivity contribution in [2.24, 2.45) is 0 Å². The number of alkyl halides is 2. The van der Waals surface area contributed by atoms with Crippen LogP contribution in [-0.4, -0.2) is 35.3 Å². The highest BCUT2D eigenvalue weighted by atomic mass is 32.1. The lowest BCUT2D eigenvalue weighted by Gasteiger charge is -2.12. The van der Waals surface area contributed by atoms with Crippen LogP contribution in [0.5, 0.6) is 0 Å². The molecule has 5 aromatic heterocycles. The van der Waals surface area contributed by atoms with E-state index in [2.05, 4.69) is 25.6 Å². The first-order valence-corrected chi connectivity index (χ1v) is 11.2. The summed E-state index contributed by atoms with van der Waals surface area (Å²) in [5, 5.41) is 10.3. The quantitative estimate of drug-likeness (QED) is 0.387. The maximum Gasteiger partial charge on any atom is 0.282 e. The highest BCUT2D eigenvalue weighted by Gasteiger charge is 2.22. The molecule has 5 aromatic rings. The Balaban J connectivity index is 1.60. The topological polar surface area (TPSA) is 90.0 Å². The van der Waals surface area contributed by atoms with E-state index in [-0.39, 0.29) is 29.4 Å². The van der Waals surface area contributed by atoms with Gasteiger partial charge >= 0.3 is 0 Å². The monoisotopic (exact) mass is 479 g/mol. The van der Waals surface area contributed by atoms with Crippen molar-refractivity contribution in [1.29, 1.82) is 0 Å². The van der Waals surface area contributed by atoms with E-state index < -0.39 is 6.43 Å². The second kappa shape index (κ2) is 8.75. The number of halogens is 2. The number of nitrogens with zero attached hydrogens (tertiary/aromatic N) is 6. The Morgan fingerprint density at radius 2 is 1.97 bits per heavy atom.